The number of nitrogens with zero attached hydrogens (tertiary/aromatic N) is 4. The number of carbonyl (C=O) groups excluding carboxylic acids is 2. The van der Waals surface area contributed by atoms with Crippen molar-refractivity contribution in [1.82, 2.24) is 14.2 Å². The van der Waals surface area contributed by atoms with Crippen molar-refractivity contribution in [1.29, 1.82) is 5.26 Å². The van der Waals surface area contributed by atoms with E-state index in [2.05, 4.69) is 10.3 Å². The largest absolute Gasteiger partial charge is 0.454 e. The fourth-order valence-corrected chi connectivity index (χ4v) is 8.83. The molecule has 3 aromatic rings. The zero-order valence-corrected chi connectivity index (χ0v) is 28.1. The van der Waals surface area contributed by atoms with Crippen LogP contribution in [0.1, 0.15) is 60.2 Å². The van der Waals surface area contributed by atoms with E-state index in [1.54, 1.807) is 53.2 Å². The molecular weight excluding hydrogens is 648 g/mol. The van der Waals surface area contributed by atoms with E-state index < -0.39 is 48.2 Å². The Balaban J connectivity index is 1.60. The second-order valence-corrected chi connectivity index (χ2v) is 14.4. The number of aromatic nitrogens is 2. The summed E-state index contributed by atoms with van der Waals surface area (Å²) in [4.78, 5) is 42.7. The normalized spacial score (nSPS) is 20.6. The molecule has 12 nitrogen and oxygen atoms in total. The Labute approximate surface area is 276 Å². The van der Waals surface area contributed by atoms with Crippen LogP contribution < -0.4 is 11.0 Å². The quantitative estimate of drug-likeness (QED) is 0.124. The van der Waals surface area contributed by atoms with Gasteiger partial charge in [0.15, 0.2) is 12.3 Å². The number of nitriles is 1. The highest BCUT2D eigenvalue weighted by Crippen LogP contribution is 2.56. The molecule has 5 atom stereocenters. The number of hydrogen-bond acceptors (Lipinski definition) is 10. The average molecular weight is 686 g/mol. The highest BCUT2D eigenvalue weighted by molar-refractivity contribution is 8.00. The summed E-state index contributed by atoms with van der Waals surface area (Å²) < 4.78 is 50.3. The molecule has 47 heavy (non-hydrogen) atoms. The van der Waals surface area contributed by atoms with Gasteiger partial charge in [-0.1, -0.05) is 36.4 Å². The molecule has 15 heteroatoms. The number of benzene rings is 2. The van der Waals surface area contributed by atoms with E-state index in [1.165, 1.54) is 24.4 Å². The van der Waals surface area contributed by atoms with Crippen molar-refractivity contribution in [3.05, 3.63) is 94.5 Å². The third-order valence-corrected chi connectivity index (χ3v) is 11.1. The lowest BCUT2D eigenvalue weighted by Crippen LogP contribution is -2.39. The van der Waals surface area contributed by atoms with Gasteiger partial charge in [-0.3, -0.25) is 18.4 Å². The van der Waals surface area contributed by atoms with E-state index in [1.807, 2.05) is 33.8 Å². The Kier molecular flexibility index (Phi) is 12.5. The van der Waals surface area contributed by atoms with E-state index in [0.717, 1.165) is 16.3 Å². The van der Waals surface area contributed by atoms with Crippen LogP contribution in [0, 0.1) is 11.3 Å². The number of amides is 1. The van der Waals surface area contributed by atoms with Crippen LogP contribution in [0.3, 0.4) is 0 Å². The molecule has 1 aromatic heterocycles. The smallest absolute Gasteiger partial charge is 0.408 e. The first-order valence-electron chi connectivity index (χ1n) is 15.0. The topological polar surface area (TPSA) is 153 Å². The number of alkyl halides is 1. The van der Waals surface area contributed by atoms with Gasteiger partial charge in [0.1, 0.15) is 11.2 Å². The highest BCUT2D eigenvalue weighted by atomic mass is 32.2. The summed E-state index contributed by atoms with van der Waals surface area (Å²) in [5, 5.41) is 9.43. The van der Waals surface area contributed by atoms with Crippen molar-refractivity contribution >= 4 is 37.2 Å². The maximum absolute atomic E-state index is 16.3. The first-order valence-corrected chi connectivity index (χ1v) is 17.4. The van der Waals surface area contributed by atoms with Crippen molar-refractivity contribution in [2.24, 2.45) is 0 Å². The maximum Gasteiger partial charge on any atom is 0.408 e. The Morgan fingerprint density at radius 2 is 1.66 bits per heavy atom. The molecule has 250 valence electrons. The fourth-order valence-electron chi connectivity index (χ4n) is 5.12. The zero-order valence-electron chi connectivity index (χ0n) is 26.4. The second kappa shape index (κ2) is 16.3. The molecule has 4 rings (SSSR count). The summed E-state index contributed by atoms with van der Waals surface area (Å²) in [6.07, 6.45) is -2.05. The van der Waals surface area contributed by atoms with E-state index in [0.29, 0.717) is 5.56 Å². The Bertz CT molecular complexity index is 1660. The van der Waals surface area contributed by atoms with Crippen LogP contribution in [0.25, 0.3) is 0 Å². The van der Waals surface area contributed by atoms with E-state index in [9.17, 15) is 18.9 Å². The first-order chi connectivity index (χ1) is 22.4. The van der Waals surface area contributed by atoms with Gasteiger partial charge in [0.2, 0.25) is 0 Å². The summed E-state index contributed by atoms with van der Waals surface area (Å²) in [6, 6.07) is 19.2. The van der Waals surface area contributed by atoms with Crippen LogP contribution in [0.5, 0.6) is 0 Å². The fraction of sp³-hybridized carbons (Fsp3) is 0.406. The summed E-state index contributed by atoms with van der Waals surface area (Å²) in [5.74, 6) is -1.28. The van der Waals surface area contributed by atoms with Gasteiger partial charge in [0.05, 0.1) is 36.5 Å². The minimum absolute atomic E-state index is 0.0247. The van der Waals surface area contributed by atoms with Gasteiger partial charge in [0, 0.05) is 23.8 Å². The Morgan fingerprint density at radius 3 is 2.23 bits per heavy atom. The lowest BCUT2D eigenvalue weighted by atomic mass is 10.1. The van der Waals surface area contributed by atoms with Crippen LogP contribution in [0.4, 0.5) is 10.2 Å². The molecule has 0 spiro atoms. The summed E-state index contributed by atoms with van der Waals surface area (Å²) in [5.41, 5.74) is -0.287. The van der Waals surface area contributed by atoms with Crippen molar-refractivity contribution in [3.8, 4) is 6.07 Å². The van der Waals surface area contributed by atoms with E-state index in [-0.39, 0.29) is 43.1 Å². The molecule has 1 saturated heterocycles. The summed E-state index contributed by atoms with van der Waals surface area (Å²) >= 11 is 0.956. The van der Waals surface area contributed by atoms with Crippen molar-refractivity contribution in [2.75, 3.05) is 18.5 Å². The van der Waals surface area contributed by atoms with Crippen LogP contribution in [-0.2, 0) is 18.3 Å². The molecule has 2 aromatic carbocycles. The molecule has 0 saturated carbocycles. The SMILES string of the molecule is CC(C)N(C(C)C)P(=O)(OCCC#N)OCC1SC(n2ccc(NC(=O)c3ccccc3)nc2=O)C(F)C1OC(=O)c1ccccc1. The monoisotopic (exact) mass is 685 g/mol. The highest BCUT2D eigenvalue weighted by Gasteiger charge is 2.50. The second-order valence-electron chi connectivity index (χ2n) is 11.1. The van der Waals surface area contributed by atoms with Gasteiger partial charge in [0.25, 0.3) is 5.91 Å². The number of rotatable bonds is 14. The molecule has 0 bridgehead atoms. The molecule has 1 aliphatic heterocycles. The summed E-state index contributed by atoms with van der Waals surface area (Å²) in [6.45, 7) is 6.74. The van der Waals surface area contributed by atoms with Gasteiger partial charge in [-0.15, -0.1) is 11.8 Å². The first kappa shape index (κ1) is 36.0. The third kappa shape index (κ3) is 8.94. The molecule has 1 N–H and O–H groups in total. The number of anilines is 1. The third-order valence-electron chi connectivity index (χ3n) is 7.11. The van der Waals surface area contributed by atoms with Crippen LogP contribution in [0.15, 0.2) is 77.7 Å². The van der Waals surface area contributed by atoms with Crippen molar-refractivity contribution in [3.63, 3.8) is 0 Å². The average Bonchev–Trinajstić information content (AvgIpc) is 3.34. The van der Waals surface area contributed by atoms with Crippen molar-refractivity contribution < 1.29 is 32.3 Å². The van der Waals surface area contributed by atoms with E-state index >= 15 is 4.39 Å². The number of nitrogens with one attached hydrogen (secondary N) is 1. The van der Waals surface area contributed by atoms with Gasteiger partial charge in [-0.25, -0.2) is 23.2 Å². The Morgan fingerprint density at radius 1 is 1.04 bits per heavy atom. The molecule has 5 unspecified atom stereocenters. The number of esters is 1. The maximum atomic E-state index is 16.3. The van der Waals surface area contributed by atoms with E-state index in [4.69, 9.17) is 19.0 Å². The minimum atomic E-state index is -4.02. The van der Waals surface area contributed by atoms with Gasteiger partial charge in [-0.2, -0.15) is 10.2 Å². The number of hydrogen-bond donors (Lipinski definition) is 1. The van der Waals surface area contributed by atoms with Crippen LogP contribution in [0.2, 0.25) is 0 Å². The predicted molar refractivity (Wildman–Crippen MR) is 176 cm³/mol. The standard InChI is InChI=1S/C32H37FN5O7PS/c1-21(2)38(22(3)4)46(42,43-19-11-17-34)44-20-25-28(45-31(40)24-14-9-6-10-15-24)27(33)30(47-25)37-18-16-26(36-32(37)41)35-29(39)23-12-7-5-8-13-23/h5-10,12-16,18,21-22,25,27-28,30H,11,19-20H2,1-4H3,(H,35,36,39,41). The summed E-state index contributed by atoms with van der Waals surface area (Å²) in [7, 11) is -4.02. The lowest BCUT2D eigenvalue weighted by Gasteiger charge is -2.36. The van der Waals surface area contributed by atoms with Gasteiger partial charge < -0.3 is 10.1 Å². The van der Waals surface area contributed by atoms with Crippen LogP contribution >= 0.6 is 19.5 Å². The number of halogens is 1. The molecule has 1 amide bonds. The van der Waals surface area contributed by atoms with Crippen molar-refractivity contribution in [2.45, 2.75) is 69.1 Å². The molecule has 1 fully saturated rings. The predicted octanol–water partition coefficient (Wildman–Crippen LogP) is 5.85. The molecule has 0 radical (unpaired) electrons. The molecule has 1 aliphatic rings. The molecular formula is C32H37FN5O7PS. The zero-order chi connectivity index (χ0) is 34.1. The number of thioether (sulfide) groups is 1. The molecule has 2 heterocycles. The van der Waals surface area contributed by atoms with Crippen LogP contribution in [-0.4, -0.2) is 68.9 Å². The minimum Gasteiger partial charge on any atom is -0.454 e. The number of ether oxygens (including phenoxy) is 1. The van der Waals surface area contributed by atoms with Gasteiger partial charge in [-0.05, 0) is 58.0 Å². The lowest BCUT2D eigenvalue weighted by molar-refractivity contribution is 0.00162. The molecule has 0 aliphatic carbocycles. The number of carbonyl (C=O) groups is 2. The van der Waals surface area contributed by atoms with Gasteiger partial charge >= 0.3 is 19.4 Å². The Hall–Kier alpha value is -3.86.